The van der Waals surface area contributed by atoms with E-state index in [0.29, 0.717) is 5.92 Å². The summed E-state index contributed by atoms with van der Waals surface area (Å²) >= 11 is 0. The monoisotopic (exact) mass is 162 g/mol. The van der Waals surface area contributed by atoms with E-state index in [1.807, 2.05) is 6.07 Å². The predicted molar refractivity (Wildman–Crippen MR) is 46.4 cm³/mol. The van der Waals surface area contributed by atoms with Crippen molar-refractivity contribution in [3.63, 3.8) is 0 Å². The van der Waals surface area contributed by atoms with Crippen molar-refractivity contribution in [3.05, 3.63) is 40.1 Å². The van der Waals surface area contributed by atoms with Gasteiger partial charge in [0, 0.05) is 5.56 Å². The molecule has 0 aliphatic heterocycles. The van der Waals surface area contributed by atoms with E-state index >= 15 is 0 Å². The summed E-state index contributed by atoms with van der Waals surface area (Å²) in [5.41, 5.74) is 0.534. The first-order valence-electron chi connectivity index (χ1n) is 4.11. The molecular formula is C10H10O2. The van der Waals surface area contributed by atoms with Gasteiger partial charge in [0.15, 0.2) is 5.75 Å². The van der Waals surface area contributed by atoms with Crippen LogP contribution in [0.3, 0.4) is 0 Å². The van der Waals surface area contributed by atoms with Crippen molar-refractivity contribution in [2.24, 2.45) is 0 Å². The summed E-state index contributed by atoms with van der Waals surface area (Å²) in [5.74, 6) is 0.354. The Labute approximate surface area is 70.5 Å². The Morgan fingerprint density at radius 1 is 1.25 bits per heavy atom. The SMILES string of the molecule is O=c1ccccc(C2CC2)c1O. The van der Waals surface area contributed by atoms with Crippen LogP contribution in [-0.4, -0.2) is 5.11 Å². The third kappa shape index (κ3) is 1.20. The lowest BCUT2D eigenvalue weighted by atomic mass is 10.2. The highest BCUT2D eigenvalue weighted by Crippen LogP contribution is 2.42. The van der Waals surface area contributed by atoms with E-state index in [1.54, 1.807) is 12.1 Å². The zero-order valence-electron chi connectivity index (χ0n) is 6.66. The average molecular weight is 162 g/mol. The van der Waals surface area contributed by atoms with Crippen LogP contribution in [0.2, 0.25) is 0 Å². The van der Waals surface area contributed by atoms with Crippen LogP contribution in [0.5, 0.6) is 5.75 Å². The first kappa shape index (κ1) is 7.35. The largest absolute Gasteiger partial charge is 0.504 e. The Balaban J connectivity index is 2.61. The van der Waals surface area contributed by atoms with Gasteiger partial charge in [-0.05, 0) is 24.8 Å². The lowest BCUT2D eigenvalue weighted by molar-refractivity contribution is 0.464. The van der Waals surface area contributed by atoms with Crippen molar-refractivity contribution in [1.82, 2.24) is 0 Å². The first-order chi connectivity index (χ1) is 5.79. The number of hydrogen-bond donors (Lipinski definition) is 1. The minimum atomic E-state index is -0.276. The molecule has 2 heteroatoms. The summed E-state index contributed by atoms with van der Waals surface area (Å²) in [6.07, 6.45) is 2.19. The van der Waals surface area contributed by atoms with Gasteiger partial charge < -0.3 is 5.11 Å². The summed E-state index contributed by atoms with van der Waals surface area (Å²) in [7, 11) is 0. The molecule has 12 heavy (non-hydrogen) atoms. The molecule has 0 atom stereocenters. The number of rotatable bonds is 1. The molecule has 62 valence electrons. The van der Waals surface area contributed by atoms with Gasteiger partial charge in [-0.25, -0.2) is 0 Å². The van der Waals surface area contributed by atoms with Gasteiger partial charge in [-0.2, -0.15) is 0 Å². The Morgan fingerprint density at radius 3 is 2.58 bits per heavy atom. The normalized spacial score (nSPS) is 16.0. The van der Waals surface area contributed by atoms with Crippen LogP contribution < -0.4 is 5.43 Å². The molecule has 1 aromatic rings. The summed E-state index contributed by atoms with van der Waals surface area (Å²) in [5, 5.41) is 9.46. The molecule has 0 saturated heterocycles. The smallest absolute Gasteiger partial charge is 0.220 e. The first-order valence-corrected chi connectivity index (χ1v) is 4.11. The molecule has 0 heterocycles. The zero-order valence-corrected chi connectivity index (χ0v) is 6.66. The maximum absolute atomic E-state index is 11.1. The van der Waals surface area contributed by atoms with Crippen molar-refractivity contribution in [2.45, 2.75) is 18.8 Å². The molecule has 0 bridgehead atoms. The summed E-state index contributed by atoms with van der Waals surface area (Å²) in [6, 6.07) is 6.68. The fraction of sp³-hybridized carbons (Fsp3) is 0.300. The van der Waals surface area contributed by atoms with Crippen molar-refractivity contribution in [3.8, 4) is 5.75 Å². The number of hydrogen-bond acceptors (Lipinski definition) is 2. The Kier molecular flexibility index (Phi) is 1.61. The fourth-order valence-electron chi connectivity index (χ4n) is 1.33. The van der Waals surface area contributed by atoms with Crippen LogP contribution in [0.4, 0.5) is 0 Å². The maximum Gasteiger partial charge on any atom is 0.220 e. The minimum Gasteiger partial charge on any atom is -0.504 e. The standard InChI is InChI=1S/C10H10O2/c11-9-4-2-1-3-8(10(9)12)7-5-6-7/h1-4,7H,5-6H2,(H,11,12). The highest BCUT2D eigenvalue weighted by molar-refractivity contribution is 5.36. The minimum absolute atomic E-state index is 0.0671. The highest BCUT2D eigenvalue weighted by atomic mass is 16.3. The highest BCUT2D eigenvalue weighted by Gasteiger charge is 2.26. The Bertz CT molecular complexity index is 353. The molecule has 1 aromatic carbocycles. The summed E-state index contributed by atoms with van der Waals surface area (Å²) in [6.45, 7) is 0. The molecule has 0 radical (unpaired) electrons. The Morgan fingerprint density at radius 2 is 1.92 bits per heavy atom. The van der Waals surface area contributed by atoms with Crippen LogP contribution in [0.1, 0.15) is 24.3 Å². The molecule has 2 rings (SSSR count). The third-order valence-corrected chi connectivity index (χ3v) is 2.16. The van der Waals surface area contributed by atoms with Gasteiger partial charge in [-0.1, -0.05) is 18.2 Å². The van der Waals surface area contributed by atoms with Crippen LogP contribution in [-0.2, 0) is 0 Å². The molecule has 0 unspecified atom stereocenters. The molecule has 0 aromatic heterocycles. The van der Waals surface area contributed by atoms with E-state index in [2.05, 4.69) is 0 Å². The summed E-state index contributed by atoms with van der Waals surface area (Å²) in [4.78, 5) is 11.1. The van der Waals surface area contributed by atoms with Crippen LogP contribution >= 0.6 is 0 Å². The van der Waals surface area contributed by atoms with E-state index in [-0.39, 0.29) is 11.2 Å². The van der Waals surface area contributed by atoms with Gasteiger partial charge in [0.2, 0.25) is 5.43 Å². The molecular weight excluding hydrogens is 152 g/mol. The van der Waals surface area contributed by atoms with Gasteiger partial charge in [0.25, 0.3) is 0 Å². The van der Waals surface area contributed by atoms with E-state index in [1.165, 1.54) is 6.07 Å². The molecule has 1 aliphatic rings. The second-order valence-corrected chi connectivity index (χ2v) is 3.16. The van der Waals surface area contributed by atoms with Crippen LogP contribution in [0.15, 0.2) is 29.1 Å². The quantitative estimate of drug-likeness (QED) is 0.681. The van der Waals surface area contributed by atoms with Crippen molar-refractivity contribution in [2.75, 3.05) is 0 Å². The lowest BCUT2D eigenvalue weighted by Gasteiger charge is -1.94. The maximum atomic E-state index is 11.1. The summed E-state index contributed by atoms with van der Waals surface area (Å²) < 4.78 is 0. The van der Waals surface area contributed by atoms with Gasteiger partial charge in [0.05, 0.1) is 0 Å². The zero-order chi connectivity index (χ0) is 8.55. The average Bonchev–Trinajstić information content (AvgIpc) is 2.84. The third-order valence-electron chi connectivity index (χ3n) is 2.16. The molecule has 1 fully saturated rings. The van der Waals surface area contributed by atoms with Crippen molar-refractivity contribution in [1.29, 1.82) is 0 Å². The second-order valence-electron chi connectivity index (χ2n) is 3.16. The fourth-order valence-corrected chi connectivity index (χ4v) is 1.33. The predicted octanol–water partition coefficient (Wildman–Crippen LogP) is 1.63. The second kappa shape index (κ2) is 2.63. The molecule has 0 spiro atoms. The van der Waals surface area contributed by atoms with Gasteiger partial charge in [-0.15, -0.1) is 0 Å². The molecule has 1 N–H and O–H groups in total. The van der Waals surface area contributed by atoms with Crippen LogP contribution in [0, 0.1) is 0 Å². The Hall–Kier alpha value is -1.31. The molecule has 1 saturated carbocycles. The van der Waals surface area contributed by atoms with E-state index in [0.717, 1.165) is 18.4 Å². The number of aromatic hydroxyl groups is 1. The van der Waals surface area contributed by atoms with E-state index < -0.39 is 0 Å². The van der Waals surface area contributed by atoms with Gasteiger partial charge in [0.1, 0.15) is 0 Å². The van der Waals surface area contributed by atoms with E-state index in [9.17, 15) is 9.90 Å². The molecule has 0 amide bonds. The van der Waals surface area contributed by atoms with Gasteiger partial charge >= 0.3 is 0 Å². The topological polar surface area (TPSA) is 37.3 Å². The van der Waals surface area contributed by atoms with Crippen molar-refractivity contribution >= 4 is 0 Å². The van der Waals surface area contributed by atoms with E-state index in [4.69, 9.17) is 0 Å². The van der Waals surface area contributed by atoms with Crippen LogP contribution in [0.25, 0.3) is 0 Å². The van der Waals surface area contributed by atoms with Gasteiger partial charge in [-0.3, -0.25) is 4.79 Å². The molecule has 2 nitrogen and oxygen atoms in total. The van der Waals surface area contributed by atoms with Crippen molar-refractivity contribution < 1.29 is 5.11 Å². The lowest BCUT2D eigenvalue weighted by Crippen LogP contribution is -1.95. The molecule has 1 aliphatic carbocycles.